The van der Waals surface area contributed by atoms with Gasteiger partial charge in [0.2, 0.25) is 5.89 Å². The van der Waals surface area contributed by atoms with Crippen LogP contribution in [0.15, 0.2) is 16.9 Å². The van der Waals surface area contributed by atoms with Crippen molar-refractivity contribution in [2.24, 2.45) is 18.9 Å². The summed E-state index contributed by atoms with van der Waals surface area (Å²) in [4.78, 5) is 11.0. The number of nitrogens with zero attached hydrogens (tertiary/aromatic N) is 5. The molecule has 1 aliphatic rings. The highest BCUT2D eigenvalue weighted by molar-refractivity contribution is 4.99. The van der Waals surface area contributed by atoms with E-state index in [4.69, 9.17) is 4.52 Å². The van der Waals surface area contributed by atoms with Crippen LogP contribution in [-0.2, 0) is 20.0 Å². The Bertz CT molecular complexity index is 651. The Hall–Kier alpha value is -1.73. The van der Waals surface area contributed by atoms with E-state index in [2.05, 4.69) is 33.9 Å². The van der Waals surface area contributed by atoms with Crippen molar-refractivity contribution in [2.45, 2.75) is 45.8 Å². The number of aliphatic hydroxyl groups is 1. The Morgan fingerprint density at radius 1 is 1.42 bits per heavy atom. The molecule has 7 nitrogen and oxygen atoms in total. The van der Waals surface area contributed by atoms with Crippen molar-refractivity contribution in [1.29, 1.82) is 0 Å². The van der Waals surface area contributed by atoms with Crippen molar-refractivity contribution in [2.75, 3.05) is 13.1 Å². The molecular formula is C17H27N5O2. The number of rotatable bonds is 6. The highest BCUT2D eigenvalue weighted by Crippen LogP contribution is 2.29. The third kappa shape index (κ3) is 4.02. The third-order valence-corrected chi connectivity index (χ3v) is 4.57. The monoisotopic (exact) mass is 333 g/mol. The number of hydrogen-bond donors (Lipinski definition) is 1. The van der Waals surface area contributed by atoms with Crippen LogP contribution in [-0.4, -0.2) is 42.8 Å². The fourth-order valence-corrected chi connectivity index (χ4v) is 3.36. The van der Waals surface area contributed by atoms with E-state index in [0.29, 0.717) is 18.4 Å². The molecular weight excluding hydrogens is 306 g/mol. The smallest absolute Gasteiger partial charge is 0.240 e. The molecule has 1 fully saturated rings. The van der Waals surface area contributed by atoms with Crippen molar-refractivity contribution < 1.29 is 9.63 Å². The van der Waals surface area contributed by atoms with E-state index < -0.39 is 6.10 Å². The minimum Gasteiger partial charge on any atom is -0.385 e. The lowest BCUT2D eigenvalue weighted by Crippen LogP contribution is -2.38. The van der Waals surface area contributed by atoms with E-state index in [1.807, 2.05) is 17.8 Å². The topological polar surface area (TPSA) is 80.2 Å². The number of aryl methyl sites for hydroxylation is 1. The first-order chi connectivity index (χ1) is 11.5. The standard InChI is InChI=1S/C17H27N5O2/c1-12(2)9-14-19-15(24-20-14)11-22-7-4-5-13(10-22)16(23)17-18-6-8-21(17)3/h6,8,12-13,16,23H,4-5,7,9-11H2,1-3H3/t13-,16+/m1/s1. The number of likely N-dealkylation sites (tertiary alicyclic amines) is 1. The summed E-state index contributed by atoms with van der Waals surface area (Å²) in [5, 5.41) is 14.7. The first-order valence-electron chi connectivity index (χ1n) is 8.72. The lowest BCUT2D eigenvalue weighted by molar-refractivity contribution is 0.0372. The molecule has 1 aliphatic heterocycles. The predicted octanol–water partition coefficient (Wildman–Crippen LogP) is 1.95. The molecule has 0 aliphatic carbocycles. The zero-order chi connectivity index (χ0) is 17.1. The van der Waals surface area contributed by atoms with Crippen LogP contribution in [0.3, 0.4) is 0 Å². The second-order valence-corrected chi connectivity index (χ2v) is 7.18. The molecule has 3 rings (SSSR count). The van der Waals surface area contributed by atoms with Gasteiger partial charge in [0.25, 0.3) is 0 Å². The van der Waals surface area contributed by atoms with Crippen molar-refractivity contribution in [3.05, 3.63) is 29.9 Å². The van der Waals surface area contributed by atoms with Gasteiger partial charge in [0.15, 0.2) is 5.82 Å². The van der Waals surface area contributed by atoms with Crippen LogP contribution in [0.25, 0.3) is 0 Å². The van der Waals surface area contributed by atoms with Crippen LogP contribution in [0.1, 0.15) is 50.3 Å². The highest BCUT2D eigenvalue weighted by Gasteiger charge is 2.29. The van der Waals surface area contributed by atoms with Crippen LogP contribution in [0.2, 0.25) is 0 Å². The van der Waals surface area contributed by atoms with Crippen LogP contribution >= 0.6 is 0 Å². The zero-order valence-electron chi connectivity index (χ0n) is 14.7. The minimum atomic E-state index is -0.535. The summed E-state index contributed by atoms with van der Waals surface area (Å²) in [5.74, 6) is 2.87. The van der Waals surface area contributed by atoms with Gasteiger partial charge in [-0.2, -0.15) is 4.98 Å². The minimum absolute atomic E-state index is 0.179. The van der Waals surface area contributed by atoms with Gasteiger partial charge in [0, 0.05) is 38.3 Å². The van der Waals surface area contributed by atoms with Gasteiger partial charge in [0.05, 0.1) is 6.54 Å². The molecule has 24 heavy (non-hydrogen) atoms. The number of piperidine rings is 1. The van der Waals surface area contributed by atoms with E-state index in [-0.39, 0.29) is 5.92 Å². The molecule has 2 aromatic heterocycles. The van der Waals surface area contributed by atoms with E-state index in [1.54, 1.807) is 6.20 Å². The van der Waals surface area contributed by atoms with Gasteiger partial charge in [-0.05, 0) is 25.3 Å². The molecule has 2 atom stereocenters. The SMILES string of the molecule is CC(C)Cc1noc(CN2CCC[C@@H]([C@H](O)c3nccn3C)C2)n1. The zero-order valence-corrected chi connectivity index (χ0v) is 14.7. The predicted molar refractivity (Wildman–Crippen MR) is 89.0 cm³/mol. The van der Waals surface area contributed by atoms with Crippen molar-refractivity contribution >= 4 is 0 Å². The van der Waals surface area contributed by atoms with Gasteiger partial charge in [0.1, 0.15) is 11.9 Å². The summed E-state index contributed by atoms with van der Waals surface area (Å²) >= 11 is 0. The second kappa shape index (κ2) is 7.44. The molecule has 0 bridgehead atoms. The van der Waals surface area contributed by atoms with E-state index >= 15 is 0 Å². The van der Waals surface area contributed by atoms with Gasteiger partial charge in [-0.3, -0.25) is 4.90 Å². The maximum Gasteiger partial charge on any atom is 0.240 e. The molecule has 3 heterocycles. The van der Waals surface area contributed by atoms with Gasteiger partial charge in [-0.15, -0.1) is 0 Å². The Labute approximate surface area is 142 Å². The average molecular weight is 333 g/mol. The number of aromatic nitrogens is 4. The second-order valence-electron chi connectivity index (χ2n) is 7.18. The van der Waals surface area contributed by atoms with Crippen molar-refractivity contribution in [3.63, 3.8) is 0 Å². The van der Waals surface area contributed by atoms with E-state index in [0.717, 1.165) is 44.0 Å². The lowest BCUT2D eigenvalue weighted by Gasteiger charge is -2.34. The quantitative estimate of drug-likeness (QED) is 0.870. The van der Waals surface area contributed by atoms with Gasteiger partial charge in [-0.1, -0.05) is 19.0 Å². The molecule has 0 spiro atoms. The van der Waals surface area contributed by atoms with Gasteiger partial charge < -0.3 is 14.2 Å². The van der Waals surface area contributed by atoms with Crippen LogP contribution < -0.4 is 0 Å². The number of aliphatic hydroxyl groups excluding tert-OH is 1. The maximum atomic E-state index is 10.6. The van der Waals surface area contributed by atoms with Gasteiger partial charge >= 0.3 is 0 Å². The summed E-state index contributed by atoms with van der Waals surface area (Å²) in [7, 11) is 1.92. The molecule has 0 aromatic carbocycles. The first-order valence-corrected chi connectivity index (χ1v) is 8.72. The van der Waals surface area contributed by atoms with E-state index in [9.17, 15) is 5.11 Å². The summed E-state index contributed by atoms with van der Waals surface area (Å²) in [5.41, 5.74) is 0. The van der Waals surface area contributed by atoms with E-state index in [1.165, 1.54) is 0 Å². The Balaban J connectivity index is 1.59. The lowest BCUT2D eigenvalue weighted by atomic mass is 9.92. The molecule has 0 radical (unpaired) electrons. The fraction of sp³-hybridized carbons (Fsp3) is 0.706. The van der Waals surface area contributed by atoms with Crippen molar-refractivity contribution in [1.82, 2.24) is 24.6 Å². The largest absolute Gasteiger partial charge is 0.385 e. The number of hydrogen-bond acceptors (Lipinski definition) is 6. The summed E-state index contributed by atoms with van der Waals surface area (Å²) in [6.45, 7) is 6.74. The molecule has 1 N–H and O–H groups in total. The molecule has 7 heteroatoms. The average Bonchev–Trinajstić information content (AvgIpc) is 3.15. The molecule has 132 valence electrons. The molecule has 0 unspecified atom stereocenters. The van der Waals surface area contributed by atoms with Crippen LogP contribution in [0.4, 0.5) is 0 Å². The summed E-state index contributed by atoms with van der Waals surface area (Å²) in [6, 6.07) is 0. The number of imidazole rings is 1. The molecule has 1 saturated heterocycles. The Morgan fingerprint density at radius 2 is 2.25 bits per heavy atom. The van der Waals surface area contributed by atoms with Gasteiger partial charge in [-0.25, -0.2) is 4.98 Å². The molecule has 2 aromatic rings. The summed E-state index contributed by atoms with van der Waals surface area (Å²) < 4.78 is 7.26. The van der Waals surface area contributed by atoms with Crippen molar-refractivity contribution in [3.8, 4) is 0 Å². The maximum absolute atomic E-state index is 10.6. The first kappa shape index (κ1) is 17.1. The highest BCUT2D eigenvalue weighted by atomic mass is 16.5. The normalized spacial score (nSPS) is 20.6. The fourth-order valence-electron chi connectivity index (χ4n) is 3.36. The Kier molecular flexibility index (Phi) is 5.30. The summed E-state index contributed by atoms with van der Waals surface area (Å²) in [6.07, 6.45) is 5.96. The Morgan fingerprint density at radius 3 is 2.96 bits per heavy atom. The third-order valence-electron chi connectivity index (χ3n) is 4.57. The van der Waals surface area contributed by atoms with Crippen LogP contribution in [0.5, 0.6) is 0 Å². The molecule has 0 amide bonds. The molecule has 0 saturated carbocycles. The van der Waals surface area contributed by atoms with Crippen LogP contribution in [0, 0.1) is 11.8 Å².